The summed E-state index contributed by atoms with van der Waals surface area (Å²) in [5.41, 5.74) is 2.26. The number of carbonyl (C=O) groups excluding carboxylic acids is 1. The fourth-order valence-corrected chi connectivity index (χ4v) is 6.33. The predicted molar refractivity (Wildman–Crippen MR) is 147 cm³/mol. The number of carbonyl (C=O) groups is 2. The molecule has 3 N–H and O–H groups in total. The second-order valence-electron chi connectivity index (χ2n) is 9.27. The molecule has 4 aromatic carbocycles. The van der Waals surface area contributed by atoms with Crippen molar-refractivity contribution < 1.29 is 28.9 Å². The van der Waals surface area contributed by atoms with Crippen LogP contribution in [-0.2, 0) is 33.5 Å². The SMILES string of the molecule is O=C(N[C@H](Cc1ccccc1)P(=O)(O)CC(Cc1ccc2ccccc2c1)C(=O)O)OCc1ccccc1. The zero-order chi connectivity index (χ0) is 27.0. The van der Waals surface area contributed by atoms with E-state index in [1.54, 1.807) is 36.4 Å². The van der Waals surface area contributed by atoms with Crippen LogP contribution in [-0.4, -0.2) is 34.0 Å². The highest BCUT2D eigenvalue weighted by molar-refractivity contribution is 7.58. The molecule has 0 saturated carbocycles. The molecule has 0 aliphatic rings. The lowest BCUT2D eigenvalue weighted by Crippen LogP contribution is -2.38. The first kappa shape index (κ1) is 27.1. The number of hydrogen-bond acceptors (Lipinski definition) is 4. The van der Waals surface area contributed by atoms with E-state index in [-0.39, 0.29) is 19.4 Å². The molecular formula is C30H30NO6P. The lowest BCUT2D eigenvalue weighted by atomic mass is 9.98. The van der Waals surface area contributed by atoms with Crippen LogP contribution in [0, 0.1) is 5.92 Å². The second kappa shape index (κ2) is 12.5. The molecule has 0 radical (unpaired) electrons. The highest BCUT2D eigenvalue weighted by Crippen LogP contribution is 2.48. The topological polar surface area (TPSA) is 113 Å². The van der Waals surface area contributed by atoms with Gasteiger partial charge in [0, 0.05) is 12.6 Å². The third-order valence-corrected chi connectivity index (χ3v) is 8.63. The molecule has 0 aromatic heterocycles. The van der Waals surface area contributed by atoms with Crippen LogP contribution in [0.5, 0.6) is 0 Å². The number of aliphatic carboxylic acids is 1. The Morgan fingerprint density at radius 1 is 0.763 bits per heavy atom. The Morgan fingerprint density at radius 3 is 2.03 bits per heavy atom. The average molecular weight is 532 g/mol. The number of rotatable bonds is 11. The maximum Gasteiger partial charge on any atom is 0.408 e. The minimum Gasteiger partial charge on any atom is -0.481 e. The van der Waals surface area contributed by atoms with Crippen molar-refractivity contribution in [2.75, 3.05) is 6.16 Å². The van der Waals surface area contributed by atoms with Crippen LogP contribution in [0.3, 0.4) is 0 Å². The minimum absolute atomic E-state index is 0.000174. The van der Waals surface area contributed by atoms with E-state index in [4.69, 9.17) is 4.74 Å². The van der Waals surface area contributed by atoms with E-state index in [9.17, 15) is 24.2 Å². The zero-order valence-electron chi connectivity index (χ0n) is 20.8. The highest BCUT2D eigenvalue weighted by Gasteiger charge is 2.37. The number of benzene rings is 4. The quantitative estimate of drug-likeness (QED) is 0.209. The van der Waals surface area contributed by atoms with Gasteiger partial charge in [0.05, 0.1) is 5.92 Å². The summed E-state index contributed by atoms with van der Waals surface area (Å²) in [6.45, 7) is 0.000174. The Morgan fingerprint density at radius 2 is 1.37 bits per heavy atom. The molecule has 0 saturated heterocycles. The second-order valence-corrected chi connectivity index (χ2v) is 11.8. The van der Waals surface area contributed by atoms with Crippen LogP contribution in [0.2, 0.25) is 0 Å². The molecular weight excluding hydrogens is 501 g/mol. The Labute approximate surface area is 221 Å². The Balaban J connectivity index is 1.50. The van der Waals surface area contributed by atoms with E-state index in [0.717, 1.165) is 27.5 Å². The molecule has 0 fully saturated rings. The molecule has 0 aliphatic heterocycles. The van der Waals surface area contributed by atoms with Gasteiger partial charge in [-0.1, -0.05) is 103 Å². The Bertz CT molecular complexity index is 1430. The number of fused-ring (bicyclic) bond motifs is 1. The smallest absolute Gasteiger partial charge is 0.408 e. The summed E-state index contributed by atoms with van der Waals surface area (Å²) in [4.78, 5) is 35.9. The summed E-state index contributed by atoms with van der Waals surface area (Å²) in [6, 6.07) is 31.4. The highest BCUT2D eigenvalue weighted by atomic mass is 31.2. The molecule has 7 nitrogen and oxygen atoms in total. The van der Waals surface area contributed by atoms with Crippen molar-refractivity contribution in [3.8, 4) is 0 Å². The molecule has 38 heavy (non-hydrogen) atoms. The Kier molecular flexibility index (Phi) is 8.95. The van der Waals surface area contributed by atoms with Gasteiger partial charge in [-0.15, -0.1) is 0 Å². The van der Waals surface area contributed by atoms with Crippen LogP contribution in [0.15, 0.2) is 103 Å². The fraction of sp³-hybridized carbons (Fsp3) is 0.200. The van der Waals surface area contributed by atoms with E-state index >= 15 is 0 Å². The minimum atomic E-state index is -4.21. The fourth-order valence-electron chi connectivity index (χ4n) is 4.36. The number of carboxylic acids is 1. The molecule has 0 spiro atoms. The molecule has 0 heterocycles. The average Bonchev–Trinajstić information content (AvgIpc) is 2.92. The van der Waals surface area contributed by atoms with Crippen LogP contribution in [0.1, 0.15) is 16.7 Å². The maximum atomic E-state index is 13.7. The van der Waals surface area contributed by atoms with Crippen molar-refractivity contribution in [2.45, 2.75) is 25.2 Å². The first-order chi connectivity index (χ1) is 18.3. The van der Waals surface area contributed by atoms with E-state index < -0.39 is 37.3 Å². The van der Waals surface area contributed by atoms with E-state index in [1.165, 1.54) is 0 Å². The lowest BCUT2D eigenvalue weighted by Gasteiger charge is -2.26. The van der Waals surface area contributed by atoms with Crippen LogP contribution in [0.25, 0.3) is 10.8 Å². The first-order valence-electron chi connectivity index (χ1n) is 12.3. The number of ether oxygens (including phenoxy) is 1. The van der Waals surface area contributed by atoms with Gasteiger partial charge in [0.25, 0.3) is 0 Å². The maximum absolute atomic E-state index is 13.7. The predicted octanol–water partition coefficient (Wildman–Crippen LogP) is 5.85. The van der Waals surface area contributed by atoms with Gasteiger partial charge in [0.15, 0.2) is 0 Å². The van der Waals surface area contributed by atoms with E-state index in [0.29, 0.717) is 0 Å². The molecule has 0 aliphatic carbocycles. The number of alkyl carbamates (subject to hydrolysis) is 1. The van der Waals surface area contributed by atoms with Crippen LogP contribution < -0.4 is 5.32 Å². The van der Waals surface area contributed by atoms with Crippen LogP contribution >= 0.6 is 7.37 Å². The summed E-state index contributed by atoms with van der Waals surface area (Å²) in [5.74, 6) is -3.50. The number of nitrogens with one attached hydrogen (secondary N) is 1. The van der Waals surface area contributed by atoms with Gasteiger partial charge in [-0.3, -0.25) is 9.36 Å². The van der Waals surface area contributed by atoms with Crippen molar-refractivity contribution in [3.63, 3.8) is 0 Å². The van der Waals surface area contributed by atoms with Gasteiger partial charge in [-0.25, -0.2) is 4.79 Å². The standard InChI is InChI=1S/C30H30NO6P/c32-29(33)27(18-24-15-16-25-13-7-8-14-26(25)17-24)21-38(35,36)28(19-22-9-3-1-4-10-22)31-30(34)37-20-23-11-5-2-6-12-23/h1-17,27-28H,18-21H2,(H,31,34)(H,32,33)(H,35,36)/t27?,28-/m0/s1. The molecule has 0 bridgehead atoms. The molecule has 2 unspecified atom stereocenters. The summed E-state index contributed by atoms with van der Waals surface area (Å²) in [6.07, 6.45) is -1.20. The summed E-state index contributed by atoms with van der Waals surface area (Å²) < 4.78 is 18.9. The van der Waals surface area contributed by atoms with Gasteiger partial charge in [0.2, 0.25) is 7.37 Å². The van der Waals surface area contributed by atoms with Crippen molar-refractivity contribution in [1.82, 2.24) is 5.32 Å². The Hall–Kier alpha value is -3.93. The molecule has 1 amide bonds. The third-order valence-electron chi connectivity index (χ3n) is 6.38. The van der Waals surface area contributed by atoms with Crippen LogP contribution in [0.4, 0.5) is 4.79 Å². The van der Waals surface area contributed by atoms with Gasteiger partial charge in [0.1, 0.15) is 12.4 Å². The van der Waals surface area contributed by atoms with Crippen molar-refractivity contribution in [2.24, 2.45) is 5.92 Å². The van der Waals surface area contributed by atoms with Crippen molar-refractivity contribution in [1.29, 1.82) is 0 Å². The molecule has 8 heteroatoms. The van der Waals surface area contributed by atoms with Gasteiger partial charge < -0.3 is 20.1 Å². The number of carboxylic acid groups (broad SMARTS) is 1. The summed E-state index contributed by atoms with van der Waals surface area (Å²) in [5, 5.41) is 14.5. The largest absolute Gasteiger partial charge is 0.481 e. The third kappa shape index (κ3) is 7.54. The first-order valence-corrected chi connectivity index (χ1v) is 14.2. The lowest BCUT2D eigenvalue weighted by molar-refractivity contribution is -0.141. The molecule has 3 atom stereocenters. The number of amides is 1. The van der Waals surface area contributed by atoms with Crippen molar-refractivity contribution in [3.05, 3.63) is 120 Å². The summed E-state index contributed by atoms with van der Waals surface area (Å²) >= 11 is 0. The van der Waals surface area contributed by atoms with Gasteiger partial charge >= 0.3 is 12.1 Å². The van der Waals surface area contributed by atoms with Crippen molar-refractivity contribution >= 4 is 30.2 Å². The monoisotopic (exact) mass is 531 g/mol. The van der Waals surface area contributed by atoms with E-state index in [2.05, 4.69) is 5.32 Å². The van der Waals surface area contributed by atoms with Gasteiger partial charge in [-0.2, -0.15) is 0 Å². The molecule has 4 rings (SSSR count). The number of hydrogen-bond donors (Lipinski definition) is 3. The summed E-state index contributed by atoms with van der Waals surface area (Å²) in [7, 11) is -4.21. The van der Waals surface area contributed by atoms with Gasteiger partial charge in [-0.05, 0) is 33.9 Å². The molecule has 196 valence electrons. The van der Waals surface area contributed by atoms with E-state index in [1.807, 2.05) is 66.7 Å². The zero-order valence-corrected chi connectivity index (χ0v) is 21.7. The molecule has 4 aromatic rings. The normalized spacial score (nSPS) is 14.2.